The molecule has 0 spiro atoms. The van der Waals surface area contributed by atoms with Gasteiger partial charge in [-0.1, -0.05) is 47.7 Å². The fourth-order valence-corrected chi connectivity index (χ4v) is 4.69. The number of rotatable bonds is 10. The average molecular weight is 496 g/mol. The van der Waals surface area contributed by atoms with Gasteiger partial charge in [-0.25, -0.2) is 4.79 Å². The van der Waals surface area contributed by atoms with Crippen LogP contribution in [0.25, 0.3) is 0 Å². The average Bonchev–Trinajstić information content (AvgIpc) is 3.34. The Kier molecular flexibility index (Phi) is 8.96. The number of hydrogen-bond acceptors (Lipinski definition) is 8. The number of aromatic nitrogens is 2. The summed E-state index contributed by atoms with van der Waals surface area (Å²) in [6, 6.07) is 15.6. The molecule has 3 rings (SSSR count). The zero-order valence-electron chi connectivity index (χ0n) is 17.9. The molecule has 1 heterocycles. The van der Waals surface area contributed by atoms with Crippen LogP contribution in [0.1, 0.15) is 27.4 Å². The molecule has 3 aromatic rings. The third kappa shape index (κ3) is 6.77. The van der Waals surface area contributed by atoms with E-state index < -0.39 is 23.8 Å². The van der Waals surface area contributed by atoms with Crippen molar-refractivity contribution in [2.45, 2.75) is 11.7 Å². The molecule has 0 bridgehead atoms. The van der Waals surface area contributed by atoms with Crippen LogP contribution in [0, 0.1) is 11.3 Å². The van der Waals surface area contributed by atoms with Gasteiger partial charge in [0.2, 0.25) is 16.9 Å². The summed E-state index contributed by atoms with van der Waals surface area (Å²) in [5, 5.41) is 24.4. The van der Waals surface area contributed by atoms with Crippen molar-refractivity contribution in [3.8, 4) is 6.07 Å². The van der Waals surface area contributed by atoms with E-state index >= 15 is 0 Å². The molecule has 4 amide bonds. The van der Waals surface area contributed by atoms with Crippen LogP contribution in [0.5, 0.6) is 0 Å². The van der Waals surface area contributed by atoms with Crippen LogP contribution in [0.4, 0.5) is 15.6 Å². The van der Waals surface area contributed by atoms with Crippen LogP contribution in [0.3, 0.4) is 0 Å². The summed E-state index contributed by atoms with van der Waals surface area (Å²) in [5.74, 6) is -1.15. The Bertz CT molecular complexity index is 1180. The first-order chi connectivity index (χ1) is 16.5. The summed E-state index contributed by atoms with van der Waals surface area (Å²) >= 11 is 2.62. The molecule has 0 saturated heterocycles. The fourth-order valence-electron chi connectivity index (χ4n) is 3.15. The zero-order valence-corrected chi connectivity index (χ0v) is 19.5. The monoisotopic (exact) mass is 495 g/mol. The second kappa shape index (κ2) is 12.3. The Labute approximate surface area is 204 Å². The highest BCUT2D eigenvalue weighted by molar-refractivity contribution is 7.98. The Morgan fingerprint density at radius 1 is 1.12 bits per heavy atom. The van der Waals surface area contributed by atoms with Gasteiger partial charge in [-0.15, -0.1) is 10.2 Å². The molecule has 0 radical (unpaired) electrons. The minimum absolute atomic E-state index is 0.103. The van der Waals surface area contributed by atoms with Crippen molar-refractivity contribution >= 4 is 51.8 Å². The number of hydrogen-bond donors (Lipinski definition) is 4. The van der Waals surface area contributed by atoms with Crippen LogP contribution >= 0.6 is 23.1 Å². The number of nitrogens with zero attached hydrogens (tertiary/aromatic N) is 3. The quantitative estimate of drug-likeness (QED) is 0.314. The summed E-state index contributed by atoms with van der Waals surface area (Å²) in [7, 11) is 0. The molecule has 0 aliphatic carbocycles. The molecule has 2 aromatic carbocycles. The normalized spacial score (nSPS) is 11.1. The molecular formula is C22H21N7O3S2. The van der Waals surface area contributed by atoms with E-state index in [1.54, 1.807) is 12.1 Å². The number of urea groups is 1. The molecule has 5 N–H and O–H groups in total. The van der Waals surface area contributed by atoms with Gasteiger partial charge in [0.25, 0.3) is 0 Å². The number of thioether (sulfide) groups is 1. The molecule has 0 aliphatic heterocycles. The molecule has 0 aliphatic rings. The highest BCUT2D eigenvalue weighted by Crippen LogP contribution is 2.32. The van der Waals surface area contributed by atoms with E-state index in [9.17, 15) is 14.4 Å². The van der Waals surface area contributed by atoms with E-state index in [-0.39, 0.29) is 34.2 Å². The van der Waals surface area contributed by atoms with Gasteiger partial charge in [0.1, 0.15) is 12.1 Å². The van der Waals surface area contributed by atoms with Crippen molar-refractivity contribution < 1.29 is 14.4 Å². The zero-order chi connectivity index (χ0) is 24.3. The Hall–Kier alpha value is -3.95. The Morgan fingerprint density at radius 3 is 2.59 bits per heavy atom. The summed E-state index contributed by atoms with van der Waals surface area (Å²) in [4.78, 5) is 37.8. The first kappa shape index (κ1) is 24.7. The van der Waals surface area contributed by atoms with Crippen molar-refractivity contribution in [2.75, 3.05) is 22.9 Å². The lowest BCUT2D eigenvalue weighted by atomic mass is 9.92. The second-order valence-corrected chi connectivity index (χ2v) is 8.75. The van der Waals surface area contributed by atoms with Crippen LogP contribution < -0.4 is 21.7 Å². The summed E-state index contributed by atoms with van der Waals surface area (Å²) in [6.45, 7) is -0.197. The lowest BCUT2D eigenvalue weighted by molar-refractivity contribution is -0.121. The van der Waals surface area contributed by atoms with Crippen LogP contribution in [-0.2, 0) is 10.5 Å². The highest BCUT2D eigenvalue weighted by Gasteiger charge is 2.28. The summed E-state index contributed by atoms with van der Waals surface area (Å²) < 4.78 is 0. The number of carbonyl (C=O) groups is 3. The topological polar surface area (TPSA) is 163 Å². The maximum atomic E-state index is 13.0. The SMILES string of the molecule is N#CCNC(=O)C(CSCc1ccccc1)c1c(NC(=O)Nc2nncs2)cccc1C(N)=O. The third-order valence-electron chi connectivity index (χ3n) is 4.60. The van der Waals surface area contributed by atoms with Gasteiger partial charge >= 0.3 is 6.03 Å². The molecule has 0 fully saturated rings. The van der Waals surface area contributed by atoms with Gasteiger partial charge in [0, 0.05) is 28.3 Å². The molecule has 174 valence electrons. The van der Waals surface area contributed by atoms with Gasteiger partial charge in [0.15, 0.2) is 0 Å². The molecule has 10 nitrogen and oxygen atoms in total. The lowest BCUT2D eigenvalue weighted by Gasteiger charge is -2.22. The number of benzene rings is 2. The number of nitrogens with two attached hydrogens (primary N) is 1. The van der Waals surface area contributed by atoms with Crippen molar-refractivity contribution in [3.05, 3.63) is 70.7 Å². The van der Waals surface area contributed by atoms with E-state index in [4.69, 9.17) is 11.0 Å². The molecular weight excluding hydrogens is 474 g/mol. The number of anilines is 2. The van der Waals surface area contributed by atoms with Crippen molar-refractivity contribution in [1.29, 1.82) is 5.26 Å². The summed E-state index contributed by atoms with van der Waals surface area (Å²) in [6.07, 6.45) is 0. The molecule has 1 unspecified atom stereocenters. The van der Waals surface area contributed by atoms with Gasteiger partial charge in [0.05, 0.1) is 12.0 Å². The van der Waals surface area contributed by atoms with Gasteiger partial charge < -0.3 is 16.4 Å². The Morgan fingerprint density at radius 2 is 1.91 bits per heavy atom. The fraction of sp³-hybridized carbons (Fsp3) is 0.182. The van der Waals surface area contributed by atoms with Crippen molar-refractivity contribution in [2.24, 2.45) is 5.73 Å². The predicted octanol–water partition coefficient (Wildman–Crippen LogP) is 2.94. The highest BCUT2D eigenvalue weighted by atomic mass is 32.2. The van der Waals surface area contributed by atoms with Crippen molar-refractivity contribution in [1.82, 2.24) is 15.5 Å². The van der Waals surface area contributed by atoms with E-state index in [0.29, 0.717) is 5.75 Å². The largest absolute Gasteiger partial charge is 0.366 e. The smallest absolute Gasteiger partial charge is 0.325 e. The Balaban J connectivity index is 1.90. The third-order valence-corrected chi connectivity index (χ3v) is 6.32. The number of carbonyl (C=O) groups excluding carboxylic acids is 3. The number of primary amides is 1. The van der Waals surface area contributed by atoms with Crippen LogP contribution in [0.15, 0.2) is 54.0 Å². The predicted molar refractivity (Wildman–Crippen MR) is 131 cm³/mol. The van der Waals surface area contributed by atoms with E-state index in [2.05, 4.69) is 26.1 Å². The maximum absolute atomic E-state index is 13.0. The minimum atomic E-state index is -0.859. The number of amides is 4. The van der Waals surface area contributed by atoms with Crippen LogP contribution in [-0.4, -0.2) is 40.3 Å². The second-order valence-electron chi connectivity index (χ2n) is 6.88. The molecule has 34 heavy (non-hydrogen) atoms. The number of nitriles is 1. The molecule has 1 aromatic heterocycles. The van der Waals surface area contributed by atoms with E-state index in [1.807, 2.05) is 36.4 Å². The first-order valence-electron chi connectivity index (χ1n) is 10.0. The molecule has 1 atom stereocenters. The molecule has 0 saturated carbocycles. The van der Waals surface area contributed by atoms with Gasteiger partial charge in [-0.3, -0.25) is 14.9 Å². The lowest BCUT2D eigenvalue weighted by Crippen LogP contribution is -2.33. The molecule has 12 heteroatoms. The van der Waals surface area contributed by atoms with Gasteiger partial charge in [-0.05, 0) is 17.7 Å². The van der Waals surface area contributed by atoms with Crippen LogP contribution in [0.2, 0.25) is 0 Å². The summed E-state index contributed by atoms with van der Waals surface area (Å²) in [5.41, 5.74) is 8.77. The maximum Gasteiger partial charge on any atom is 0.325 e. The first-order valence-corrected chi connectivity index (χ1v) is 12.1. The van der Waals surface area contributed by atoms with E-state index in [0.717, 1.165) is 16.9 Å². The standard InChI is InChI=1S/C22H21N7O3S2/c23-9-10-25-20(31)16(12-33-11-14-5-2-1-3-6-14)18-15(19(24)30)7-4-8-17(18)27-21(32)28-22-29-26-13-34-22/h1-8,13,16H,10-12H2,(H2,24,30)(H,25,31)(H2,27,28,29,32). The van der Waals surface area contributed by atoms with Gasteiger partial charge in [-0.2, -0.15) is 17.0 Å². The van der Waals surface area contributed by atoms with E-state index in [1.165, 1.54) is 23.3 Å². The number of nitrogens with one attached hydrogen (secondary N) is 3. The minimum Gasteiger partial charge on any atom is -0.366 e. The van der Waals surface area contributed by atoms with Crippen molar-refractivity contribution in [3.63, 3.8) is 0 Å².